The predicted octanol–water partition coefficient (Wildman–Crippen LogP) is 2.81. The van der Waals surface area contributed by atoms with Crippen LogP contribution in [0.4, 0.5) is 5.69 Å². The Kier molecular flexibility index (Phi) is 4.03. The number of aromatic nitrogens is 1. The molecular formula is C16H19N3O. The molecule has 0 aliphatic rings. The van der Waals surface area contributed by atoms with Gasteiger partial charge in [-0.2, -0.15) is 0 Å². The zero-order chi connectivity index (χ0) is 14.7. The maximum absolute atomic E-state index is 12.5. The number of benzene rings is 1. The van der Waals surface area contributed by atoms with Crippen molar-refractivity contribution in [3.63, 3.8) is 0 Å². The van der Waals surface area contributed by atoms with Crippen molar-refractivity contribution in [2.24, 2.45) is 0 Å². The highest BCUT2D eigenvalue weighted by molar-refractivity contribution is 5.94. The summed E-state index contributed by atoms with van der Waals surface area (Å²) in [6.45, 7) is 3.90. The van der Waals surface area contributed by atoms with Gasteiger partial charge in [0.15, 0.2) is 0 Å². The van der Waals surface area contributed by atoms with Gasteiger partial charge in [0.1, 0.15) is 0 Å². The number of hydrogen-bond donors (Lipinski definition) is 1. The molecule has 2 aromatic rings. The molecule has 0 saturated carbocycles. The molecule has 1 heterocycles. The number of nitrogen functional groups attached to an aromatic ring is 1. The van der Waals surface area contributed by atoms with E-state index in [-0.39, 0.29) is 11.9 Å². The van der Waals surface area contributed by atoms with Crippen LogP contribution in [-0.4, -0.2) is 22.8 Å². The second-order valence-corrected chi connectivity index (χ2v) is 5.01. The first-order chi connectivity index (χ1) is 9.49. The van der Waals surface area contributed by atoms with Gasteiger partial charge >= 0.3 is 0 Å². The summed E-state index contributed by atoms with van der Waals surface area (Å²) in [4.78, 5) is 18.2. The number of anilines is 1. The Balaban J connectivity index is 2.22. The molecule has 1 atom stereocenters. The summed E-state index contributed by atoms with van der Waals surface area (Å²) in [5.41, 5.74) is 9.08. The minimum Gasteiger partial charge on any atom is -0.399 e. The first kappa shape index (κ1) is 14.1. The number of rotatable bonds is 3. The fourth-order valence-corrected chi connectivity index (χ4v) is 2.09. The van der Waals surface area contributed by atoms with E-state index in [1.165, 1.54) is 0 Å². The Morgan fingerprint density at radius 3 is 2.70 bits per heavy atom. The quantitative estimate of drug-likeness (QED) is 0.872. The molecule has 0 aliphatic carbocycles. The molecule has 1 aromatic carbocycles. The van der Waals surface area contributed by atoms with Crippen molar-refractivity contribution in [3.05, 3.63) is 59.4 Å². The highest BCUT2D eigenvalue weighted by Crippen LogP contribution is 2.22. The number of aryl methyl sites for hydroxylation is 1. The normalized spacial score (nSPS) is 11.9. The van der Waals surface area contributed by atoms with Gasteiger partial charge in [0.25, 0.3) is 5.91 Å². The van der Waals surface area contributed by atoms with Gasteiger partial charge in [-0.3, -0.25) is 9.78 Å². The van der Waals surface area contributed by atoms with E-state index in [1.807, 2.05) is 44.2 Å². The van der Waals surface area contributed by atoms with Gasteiger partial charge in [-0.05, 0) is 43.2 Å². The number of nitrogens with zero attached hydrogens (tertiary/aromatic N) is 2. The van der Waals surface area contributed by atoms with Crippen LogP contribution in [0.1, 0.15) is 34.5 Å². The number of carbonyl (C=O) groups excluding carboxylic acids is 1. The van der Waals surface area contributed by atoms with Gasteiger partial charge in [-0.15, -0.1) is 0 Å². The van der Waals surface area contributed by atoms with Gasteiger partial charge in [0, 0.05) is 25.1 Å². The summed E-state index contributed by atoms with van der Waals surface area (Å²) in [5.74, 6) is -0.0453. The largest absolute Gasteiger partial charge is 0.399 e. The van der Waals surface area contributed by atoms with Crippen LogP contribution in [0.25, 0.3) is 0 Å². The molecule has 0 fully saturated rings. The van der Waals surface area contributed by atoms with Crippen LogP contribution in [0.5, 0.6) is 0 Å². The van der Waals surface area contributed by atoms with Gasteiger partial charge in [-0.1, -0.05) is 12.1 Å². The van der Waals surface area contributed by atoms with Crippen LogP contribution < -0.4 is 5.73 Å². The summed E-state index contributed by atoms with van der Waals surface area (Å²) in [6, 6.07) is 9.39. The highest BCUT2D eigenvalue weighted by Gasteiger charge is 2.19. The molecule has 2 rings (SSSR count). The predicted molar refractivity (Wildman–Crippen MR) is 80.3 cm³/mol. The molecule has 1 amide bonds. The Hall–Kier alpha value is -2.36. The molecule has 0 spiro atoms. The fraction of sp³-hybridized carbons (Fsp3) is 0.250. The SMILES string of the molecule is Cc1cncc(C(=O)N(C)C(C)c2cccc(N)c2)c1. The van der Waals surface area contributed by atoms with E-state index in [1.54, 1.807) is 24.3 Å². The Morgan fingerprint density at radius 1 is 1.30 bits per heavy atom. The van der Waals surface area contributed by atoms with Crippen molar-refractivity contribution in [1.82, 2.24) is 9.88 Å². The lowest BCUT2D eigenvalue weighted by Gasteiger charge is -2.25. The summed E-state index contributed by atoms with van der Waals surface area (Å²) < 4.78 is 0. The van der Waals surface area contributed by atoms with Crippen LogP contribution in [0.15, 0.2) is 42.7 Å². The minimum absolute atomic E-state index is 0.0453. The minimum atomic E-state index is -0.0495. The number of hydrogen-bond acceptors (Lipinski definition) is 3. The van der Waals surface area contributed by atoms with Crippen molar-refractivity contribution in [2.45, 2.75) is 19.9 Å². The van der Waals surface area contributed by atoms with E-state index in [2.05, 4.69) is 4.98 Å². The third kappa shape index (κ3) is 2.96. The van der Waals surface area contributed by atoms with Crippen LogP contribution >= 0.6 is 0 Å². The molecule has 1 aromatic heterocycles. The lowest BCUT2D eigenvalue weighted by atomic mass is 10.1. The second-order valence-electron chi connectivity index (χ2n) is 5.01. The first-order valence-corrected chi connectivity index (χ1v) is 6.53. The van der Waals surface area contributed by atoms with Crippen molar-refractivity contribution in [3.8, 4) is 0 Å². The van der Waals surface area contributed by atoms with Crippen LogP contribution in [0, 0.1) is 6.92 Å². The Morgan fingerprint density at radius 2 is 2.05 bits per heavy atom. The van der Waals surface area contributed by atoms with Gasteiger partial charge in [0.2, 0.25) is 0 Å². The summed E-state index contributed by atoms with van der Waals surface area (Å²) in [7, 11) is 1.79. The maximum atomic E-state index is 12.5. The Labute approximate surface area is 119 Å². The molecule has 0 saturated heterocycles. The topological polar surface area (TPSA) is 59.2 Å². The van der Waals surface area contributed by atoms with E-state index in [9.17, 15) is 4.79 Å². The molecule has 20 heavy (non-hydrogen) atoms. The number of amides is 1. The van der Waals surface area contributed by atoms with Crippen LogP contribution in [-0.2, 0) is 0 Å². The van der Waals surface area contributed by atoms with E-state index >= 15 is 0 Å². The van der Waals surface area contributed by atoms with E-state index < -0.39 is 0 Å². The third-order valence-corrected chi connectivity index (χ3v) is 3.42. The van der Waals surface area contributed by atoms with Crippen LogP contribution in [0.2, 0.25) is 0 Å². The van der Waals surface area contributed by atoms with E-state index in [4.69, 9.17) is 5.73 Å². The molecule has 2 N–H and O–H groups in total. The third-order valence-electron chi connectivity index (χ3n) is 3.42. The molecule has 104 valence electrons. The summed E-state index contributed by atoms with van der Waals surface area (Å²) in [5, 5.41) is 0. The van der Waals surface area contributed by atoms with Crippen molar-refractivity contribution >= 4 is 11.6 Å². The fourth-order valence-electron chi connectivity index (χ4n) is 2.09. The molecule has 1 unspecified atom stereocenters. The van der Waals surface area contributed by atoms with Gasteiger partial charge < -0.3 is 10.6 Å². The first-order valence-electron chi connectivity index (χ1n) is 6.53. The monoisotopic (exact) mass is 269 g/mol. The van der Waals surface area contributed by atoms with Crippen molar-refractivity contribution in [2.75, 3.05) is 12.8 Å². The maximum Gasteiger partial charge on any atom is 0.255 e. The van der Waals surface area contributed by atoms with Crippen LogP contribution in [0.3, 0.4) is 0 Å². The lowest BCUT2D eigenvalue weighted by molar-refractivity contribution is 0.0742. The average molecular weight is 269 g/mol. The van der Waals surface area contributed by atoms with Crippen molar-refractivity contribution in [1.29, 1.82) is 0 Å². The van der Waals surface area contributed by atoms with E-state index in [0.29, 0.717) is 11.3 Å². The number of pyridine rings is 1. The number of nitrogens with two attached hydrogens (primary N) is 1. The second kappa shape index (κ2) is 5.74. The summed E-state index contributed by atoms with van der Waals surface area (Å²) >= 11 is 0. The lowest BCUT2D eigenvalue weighted by Crippen LogP contribution is -2.29. The molecule has 4 nitrogen and oxygen atoms in total. The average Bonchev–Trinajstić information content (AvgIpc) is 2.45. The standard InChI is InChI=1S/C16H19N3O/c1-11-7-14(10-18-9-11)16(20)19(3)12(2)13-5-4-6-15(17)8-13/h4-10,12H,17H2,1-3H3. The molecule has 0 radical (unpaired) electrons. The Bertz CT molecular complexity index is 625. The van der Waals surface area contributed by atoms with E-state index in [0.717, 1.165) is 11.1 Å². The van der Waals surface area contributed by atoms with Crippen molar-refractivity contribution < 1.29 is 4.79 Å². The molecule has 0 aliphatic heterocycles. The zero-order valence-corrected chi connectivity index (χ0v) is 12.0. The summed E-state index contributed by atoms with van der Waals surface area (Å²) in [6.07, 6.45) is 3.33. The smallest absolute Gasteiger partial charge is 0.255 e. The molecule has 0 bridgehead atoms. The molecular weight excluding hydrogens is 250 g/mol. The molecule has 4 heteroatoms. The van der Waals surface area contributed by atoms with Gasteiger partial charge in [0.05, 0.1) is 11.6 Å². The van der Waals surface area contributed by atoms with Gasteiger partial charge in [-0.25, -0.2) is 0 Å². The highest BCUT2D eigenvalue weighted by atomic mass is 16.2. The number of carbonyl (C=O) groups is 1. The zero-order valence-electron chi connectivity index (χ0n) is 12.0.